The number of nitrogens with zero attached hydrogens (tertiary/aromatic N) is 1. The first-order valence-corrected chi connectivity index (χ1v) is 14.9. The van der Waals surface area contributed by atoms with Crippen molar-refractivity contribution in [1.29, 1.82) is 0 Å². The highest BCUT2D eigenvalue weighted by Gasteiger charge is 2.27. The number of ketones is 1. The Kier molecular flexibility index (Phi) is 7.92. The fourth-order valence-electron chi connectivity index (χ4n) is 5.36. The lowest BCUT2D eigenvalue weighted by Crippen LogP contribution is -2.37. The molecule has 0 aliphatic carbocycles. The van der Waals surface area contributed by atoms with Gasteiger partial charge in [-0.15, -0.1) is 0 Å². The largest absolute Gasteiger partial charge is 0.290 e. The summed E-state index contributed by atoms with van der Waals surface area (Å²) < 4.78 is 2.04. The second-order valence-corrected chi connectivity index (χ2v) is 11.9. The molecular weight excluding hydrogens is 622 g/mol. The van der Waals surface area contributed by atoms with Crippen LogP contribution in [0.4, 0.5) is 0 Å². The number of fused-ring (bicyclic) bond motifs is 1. The highest BCUT2D eigenvalue weighted by molar-refractivity contribution is 9.10. The van der Waals surface area contributed by atoms with E-state index in [4.69, 9.17) is 0 Å². The SMILES string of the molecule is O=C1/C(=C/c2ccc(Br)cc2)CN(Cc2ccccc2-c2cccc3ccccc23)C/C1=C\c1ccc(Br)cc1. The molecular formula is C36H27Br2NO. The van der Waals surface area contributed by atoms with Crippen molar-refractivity contribution < 1.29 is 4.79 Å². The van der Waals surface area contributed by atoms with E-state index in [0.717, 1.165) is 37.8 Å². The Bertz CT molecular complexity index is 1680. The number of hydrogen-bond donors (Lipinski definition) is 0. The second-order valence-electron chi connectivity index (χ2n) is 10.1. The summed E-state index contributed by atoms with van der Waals surface area (Å²) in [7, 11) is 0. The predicted molar refractivity (Wildman–Crippen MR) is 174 cm³/mol. The molecule has 1 aliphatic rings. The summed E-state index contributed by atoms with van der Waals surface area (Å²) in [6.07, 6.45) is 4.07. The Morgan fingerprint density at radius 1 is 0.600 bits per heavy atom. The molecule has 1 fully saturated rings. The molecule has 0 bridgehead atoms. The first-order chi connectivity index (χ1) is 19.5. The highest BCUT2D eigenvalue weighted by atomic mass is 79.9. The Hall–Kier alpha value is -3.57. The third-order valence-corrected chi connectivity index (χ3v) is 8.34. The van der Waals surface area contributed by atoms with Gasteiger partial charge in [0, 0.05) is 39.7 Å². The second kappa shape index (κ2) is 11.9. The normalized spacial score (nSPS) is 16.2. The van der Waals surface area contributed by atoms with Gasteiger partial charge in [0.1, 0.15) is 0 Å². The van der Waals surface area contributed by atoms with Crippen molar-refractivity contribution >= 4 is 60.6 Å². The molecule has 0 N–H and O–H groups in total. The summed E-state index contributed by atoms with van der Waals surface area (Å²) in [6, 6.07) is 39.9. The van der Waals surface area contributed by atoms with Gasteiger partial charge in [0.25, 0.3) is 0 Å². The number of rotatable bonds is 5. The van der Waals surface area contributed by atoms with E-state index in [9.17, 15) is 4.79 Å². The van der Waals surface area contributed by atoms with Crippen LogP contribution < -0.4 is 0 Å². The summed E-state index contributed by atoms with van der Waals surface area (Å²) in [6.45, 7) is 1.93. The van der Waals surface area contributed by atoms with Crippen LogP contribution in [0.5, 0.6) is 0 Å². The van der Waals surface area contributed by atoms with Crippen LogP contribution in [-0.2, 0) is 11.3 Å². The lowest BCUT2D eigenvalue weighted by atomic mass is 9.92. The van der Waals surface area contributed by atoms with Gasteiger partial charge >= 0.3 is 0 Å². The number of Topliss-reactive ketones (excluding diaryl/α,β-unsaturated/α-hetero) is 1. The van der Waals surface area contributed by atoms with Gasteiger partial charge in [0.15, 0.2) is 5.78 Å². The van der Waals surface area contributed by atoms with Gasteiger partial charge in [-0.3, -0.25) is 9.69 Å². The lowest BCUT2D eigenvalue weighted by molar-refractivity contribution is -0.113. The van der Waals surface area contributed by atoms with E-state index in [1.807, 2.05) is 60.7 Å². The van der Waals surface area contributed by atoms with Crippen LogP contribution in [0.2, 0.25) is 0 Å². The van der Waals surface area contributed by atoms with Crippen LogP contribution in [-0.4, -0.2) is 23.8 Å². The third kappa shape index (κ3) is 5.95. The van der Waals surface area contributed by atoms with E-state index in [1.54, 1.807) is 0 Å². The van der Waals surface area contributed by atoms with Crippen LogP contribution >= 0.6 is 31.9 Å². The van der Waals surface area contributed by atoms with Gasteiger partial charge in [-0.05, 0) is 75.0 Å². The number of likely N-dealkylation sites (tertiary alicyclic amines) is 1. The van der Waals surface area contributed by atoms with Crippen molar-refractivity contribution in [1.82, 2.24) is 4.90 Å². The Balaban J connectivity index is 1.38. The smallest absolute Gasteiger partial charge is 0.187 e. The van der Waals surface area contributed by atoms with Gasteiger partial charge in [-0.1, -0.05) is 123 Å². The molecule has 1 heterocycles. The predicted octanol–water partition coefficient (Wildman–Crippen LogP) is 9.58. The van der Waals surface area contributed by atoms with Crippen LogP contribution in [0, 0.1) is 0 Å². The standard InChI is InChI=1S/C36H27Br2NO/c37-31-16-12-25(13-17-31)20-29-23-39(24-30(36(29)40)21-26-14-18-32(38)19-15-26)22-28-7-2-4-10-34(28)35-11-5-8-27-6-1-3-9-33(27)35/h1-21H,22-24H2/b29-20+,30-21+. The van der Waals surface area contributed by atoms with Crippen LogP contribution in [0.25, 0.3) is 34.1 Å². The number of halogens is 2. The summed E-state index contributed by atoms with van der Waals surface area (Å²) in [5.74, 6) is 0.115. The van der Waals surface area contributed by atoms with Crippen LogP contribution in [0.1, 0.15) is 16.7 Å². The van der Waals surface area contributed by atoms with Crippen LogP contribution in [0.3, 0.4) is 0 Å². The van der Waals surface area contributed by atoms with Crippen LogP contribution in [0.15, 0.2) is 135 Å². The number of hydrogen-bond acceptors (Lipinski definition) is 2. The maximum absolute atomic E-state index is 13.7. The minimum Gasteiger partial charge on any atom is -0.290 e. The highest BCUT2D eigenvalue weighted by Crippen LogP contribution is 2.33. The van der Waals surface area contributed by atoms with E-state index < -0.39 is 0 Å². The van der Waals surface area contributed by atoms with E-state index in [1.165, 1.54) is 27.5 Å². The van der Waals surface area contributed by atoms with Crippen molar-refractivity contribution in [2.24, 2.45) is 0 Å². The minimum atomic E-state index is 0.115. The zero-order valence-corrected chi connectivity index (χ0v) is 25.0. The molecule has 0 aromatic heterocycles. The number of piperidine rings is 1. The molecule has 1 aliphatic heterocycles. The van der Waals surface area contributed by atoms with E-state index in [2.05, 4.69) is 103 Å². The number of carbonyl (C=O) groups is 1. The third-order valence-electron chi connectivity index (χ3n) is 7.28. The van der Waals surface area contributed by atoms with Gasteiger partial charge in [0.2, 0.25) is 0 Å². The molecule has 6 rings (SSSR count). The molecule has 0 unspecified atom stereocenters. The van der Waals surface area contributed by atoms with Gasteiger partial charge in [-0.25, -0.2) is 0 Å². The van der Waals surface area contributed by atoms with Crippen molar-refractivity contribution in [3.8, 4) is 11.1 Å². The summed E-state index contributed by atoms with van der Waals surface area (Å²) >= 11 is 7.03. The van der Waals surface area contributed by atoms with Crippen molar-refractivity contribution in [3.05, 3.63) is 152 Å². The summed E-state index contributed by atoms with van der Waals surface area (Å²) in [5.41, 5.74) is 7.37. The summed E-state index contributed by atoms with van der Waals surface area (Å²) in [4.78, 5) is 16.1. The molecule has 196 valence electrons. The Labute approximate surface area is 251 Å². The topological polar surface area (TPSA) is 20.3 Å². The number of benzene rings is 5. The minimum absolute atomic E-state index is 0.115. The first kappa shape index (κ1) is 26.6. The fraction of sp³-hybridized carbons (Fsp3) is 0.0833. The van der Waals surface area contributed by atoms with Crippen molar-refractivity contribution in [2.75, 3.05) is 13.1 Å². The molecule has 1 saturated heterocycles. The molecule has 2 nitrogen and oxygen atoms in total. The maximum Gasteiger partial charge on any atom is 0.187 e. The Morgan fingerprint density at radius 3 is 1.77 bits per heavy atom. The molecule has 40 heavy (non-hydrogen) atoms. The van der Waals surface area contributed by atoms with E-state index in [-0.39, 0.29) is 5.78 Å². The quantitative estimate of drug-likeness (QED) is 0.177. The zero-order chi connectivity index (χ0) is 27.5. The lowest BCUT2D eigenvalue weighted by Gasteiger charge is -2.30. The monoisotopic (exact) mass is 647 g/mol. The average Bonchev–Trinajstić information content (AvgIpc) is 2.98. The molecule has 0 saturated carbocycles. The van der Waals surface area contributed by atoms with Gasteiger partial charge < -0.3 is 0 Å². The van der Waals surface area contributed by atoms with Crippen molar-refractivity contribution in [3.63, 3.8) is 0 Å². The molecule has 0 spiro atoms. The maximum atomic E-state index is 13.7. The first-order valence-electron chi connectivity index (χ1n) is 13.3. The molecule has 4 heteroatoms. The molecule has 0 atom stereocenters. The van der Waals surface area contributed by atoms with Gasteiger partial charge in [0.05, 0.1) is 0 Å². The van der Waals surface area contributed by atoms with E-state index >= 15 is 0 Å². The zero-order valence-electron chi connectivity index (χ0n) is 21.9. The summed E-state index contributed by atoms with van der Waals surface area (Å²) in [5, 5.41) is 2.48. The van der Waals surface area contributed by atoms with Gasteiger partial charge in [-0.2, -0.15) is 0 Å². The molecule has 0 radical (unpaired) electrons. The fourth-order valence-corrected chi connectivity index (χ4v) is 5.89. The average molecular weight is 649 g/mol. The number of carbonyl (C=O) groups excluding carboxylic acids is 1. The molecule has 5 aromatic carbocycles. The van der Waals surface area contributed by atoms with Crippen molar-refractivity contribution in [2.45, 2.75) is 6.54 Å². The van der Waals surface area contributed by atoms with E-state index in [0.29, 0.717) is 13.1 Å². The molecule has 5 aromatic rings. The molecule has 0 amide bonds. The Morgan fingerprint density at radius 2 is 1.12 bits per heavy atom.